The second-order valence-electron chi connectivity index (χ2n) is 1.17. The first-order valence-electron chi connectivity index (χ1n) is 1.83. The fourth-order valence-electron chi connectivity index (χ4n) is 0.123. The zero-order valence-corrected chi connectivity index (χ0v) is 3.62. The first-order valence-corrected chi connectivity index (χ1v) is 1.83. The Morgan fingerprint density at radius 3 is 2.33 bits per heavy atom. The van der Waals surface area contributed by atoms with E-state index in [2.05, 4.69) is 0 Å². The molecule has 0 aliphatic rings. The summed E-state index contributed by atoms with van der Waals surface area (Å²) >= 11 is 0. The molecule has 0 aliphatic heterocycles. The fraction of sp³-hybridized carbons (Fsp3) is 0.750. The normalized spacial score (nSPS) is 14.5. The molecule has 0 fully saturated rings. The van der Waals surface area contributed by atoms with E-state index in [0.29, 0.717) is 6.67 Å². The van der Waals surface area contributed by atoms with Gasteiger partial charge in [0.1, 0.15) is 12.8 Å². The number of rotatable bonds is 2. The van der Waals surface area contributed by atoms with Crippen LogP contribution in [-0.4, -0.2) is 6.17 Å². The van der Waals surface area contributed by atoms with Crippen LogP contribution in [0.2, 0.25) is 0 Å². The minimum Gasteiger partial charge on any atom is -0.248 e. The van der Waals surface area contributed by atoms with Gasteiger partial charge >= 0.3 is 0 Å². The highest BCUT2D eigenvalue weighted by molar-refractivity contribution is 4.52. The van der Waals surface area contributed by atoms with E-state index in [9.17, 15) is 8.78 Å². The van der Waals surface area contributed by atoms with Crippen molar-refractivity contribution in [2.75, 3.05) is 0 Å². The van der Waals surface area contributed by atoms with Crippen LogP contribution in [0.5, 0.6) is 0 Å². The van der Waals surface area contributed by atoms with E-state index in [1.165, 1.54) is 6.92 Å². The van der Waals surface area contributed by atoms with Crippen LogP contribution in [0.1, 0.15) is 13.3 Å². The van der Waals surface area contributed by atoms with E-state index >= 15 is 0 Å². The Balaban J connectivity index is 2.63. The summed E-state index contributed by atoms with van der Waals surface area (Å²) < 4.78 is 22.3. The molecule has 37 valence electrons. The third-order valence-electron chi connectivity index (χ3n) is 0.414. The summed E-state index contributed by atoms with van der Waals surface area (Å²) in [4.78, 5) is 0. The molecule has 6 heavy (non-hydrogen) atoms. The standard InChI is InChI=1S/C4H7F2/c1-4(6)2-3-5/h3-4H,2H2,1H3. The highest BCUT2D eigenvalue weighted by atomic mass is 19.1. The molecule has 0 amide bonds. The molecule has 0 aromatic carbocycles. The predicted molar refractivity (Wildman–Crippen MR) is 20.6 cm³/mol. The minimum absolute atomic E-state index is 0.0833. The second kappa shape index (κ2) is 3.07. The summed E-state index contributed by atoms with van der Waals surface area (Å²) in [6.45, 7) is 1.64. The zero-order valence-electron chi connectivity index (χ0n) is 3.62. The molecule has 1 atom stereocenters. The van der Waals surface area contributed by atoms with E-state index in [-0.39, 0.29) is 6.42 Å². The van der Waals surface area contributed by atoms with Gasteiger partial charge in [0.25, 0.3) is 0 Å². The number of hydrogen-bond acceptors (Lipinski definition) is 0. The number of alkyl halides is 1. The molecule has 1 radical (unpaired) electrons. The van der Waals surface area contributed by atoms with Gasteiger partial charge in [-0.25, -0.2) is 8.78 Å². The first kappa shape index (κ1) is 5.86. The maximum Gasteiger partial charge on any atom is 0.134 e. The van der Waals surface area contributed by atoms with E-state index in [1.54, 1.807) is 0 Å². The quantitative estimate of drug-likeness (QED) is 0.488. The van der Waals surface area contributed by atoms with Gasteiger partial charge in [-0.2, -0.15) is 0 Å². The second-order valence-corrected chi connectivity index (χ2v) is 1.17. The van der Waals surface area contributed by atoms with Crippen molar-refractivity contribution in [1.82, 2.24) is 0 Å². The van der Waals surface area contributed by atoms with Gasteiger partial charge < -0.3 is 0 Å². The lowest BCUT2D eigenvalue weighted by molar-refractivity contribution is 0.335. The van der Waals surface area contributed by atoms with Gasteiger partial charge in [-0.3, -0.25) is 0 Å². The molecule has 1 unspecified atom stereocenters. The average molecular weight is 93.1 g/mol. The van der Waals surface area contributed by atoms with Crippen LogP contribution in [-0.2, 0) is 0 Å². The molecule has 0 heterocycles. The monoisotopic (exact) mass is 93.1 g/mol. The zero-order chi connectivity index (χ0) is 4.99. The lowest BCUT2D eigenvalue weighted by Crippen LogP contribution is -1.87. The molecule has 0 spiro atoms. The van der Waals surface area contributed by atoms with Crippen molar-refractivity contribution in [3.05, 3.63) is 6.67 Å². The Kier molecular flexibility index (Phi) is 2.99. The van der Waals surface area contributed by atoms with Crippen molar-refractivity contribution in [1.29, 1.82) is 0 Å². The van der Waals surface area contributed by atoms with Crippen LogP contribution in [0.3, 0.4) is 0 Å². The van der Waals surface area contributed by atoms with Crippen LogP contribution in [0.4, 0.5) is 8.78 Å². The summed E-state index contributed by atoms with van der Waals surface area (Å²) in [5.41, 5.74) is 0. The maximum atomic E-state index is 11.4. The highest BCUT2D eigenvalue weighted by Gasteiger charge is 1.93. The largest absolute Gasteiger partial charge is 0.248 e. The molecule has 0 rings (SSSR count). The van der Waals surface area contributed by atoms with Gasteiger partial charge in [0.2, 0.25) is 0 Å². The van der Waals surface area contributed by atoms with Crippen molar-refractivity contribution in [3.8, 4) is 0 Å². The molecule has 0 saturated heterocycles. The molecule has 0 aromatic rings. The lowest BCUT2D eigenvalue weighted by atomic mass is 10.3. The summed E-state index contributed by atoms with van der Waals surface area (Å²) in [5, 5.41) is 0. The van der Waals surface area contributed by atoms with Crippen molar-refractivity contribution < 1.29 is 8.78 Å². The van der Waals surface area contributed by atoms with Gasteiger partial charge in [0.05, 0.1) is 0 Å². The molecule has 0 nitrogen and oxygen atoms in total. The fourth-order valence-corrected chi connectivity index (χ4v) is 0.123. The van der Waals surface area contributed by atoms with Gasteiger partial charge in [0.15, 0.2) is 0 Å². The SMILES string of the molecule is CC(F)C[CH]F. The van der Waals surface area contributed by atoms with Crippen molar-refractivity contribution in [3.63, 3.8) is 0 Å². The van der Waals surface area contributed by atoms with Crippen LogP contribution < -0.4 is 0 Å². The van der Waals surface area contributed by atoms with Crippen molar-refractivity contribution in [2.24, 2.45) is 0 Å². The van der Waals surface area contributed by atoms with E-state index in [0.717, 1.165) is 0 Å². The van der Waals surface area contributed by atoms with Gasteiger partial charge in [-0.1, -0.05) is 0 Å². The van der Waals surface area contributed by atoms with E-state index in [4.69, 9.17) is 0 Å². The van der Waals surface area contributed by atoms with E-state index < -0.39 is 6.17 Å². The average Bonchev–Trinajstić information content (AvgIpc) is 1.35. The van der Waals surface area contributed by atoms with Crippen LogP contribution in [0, 0.1) is 6.67 Å². The van der Waals surface area contributed by atoms with Crippen LogP contribution >= 0.6 is 0 Å². The van der Waals surface area contributed by atoms with Crippen molar-refractivity contribution >= 4 is 0 Å². The lowest BCUT2D eigenvalue weighted by Gasteiger charge is -1.89. The summed E-state index contributed by atoms with van der Waals surface area (Å²) in [7, 11) is 0. The van der Waals surface area contributed by atoms with Gasteiger partial charge in [0, 0.05) is 6.42 Å². The number of halogens is 2. The molecule has 0 saturated carbocycles. The molecule has 0 N–H and O–H groups in total. The van der Waals surface area contributed by atoms with E-state index in [1.807, 2.05) is 0 Å². The van der Waals surface area contributed by atoms with Gasteiger partial charge in [-0.05, 0) is 6.92 Å². The summed E-state index contributed by atoms with van der Waals surface area (Å²) in [6.07, 6.45) is -1.12. The summed E-state index contributed by atoms with van der Waals surface area (Å²) in [5.74, 6) is 0. The molecule has 0 aliphatic carbocycles. The molecule has 2 heteroatoms. The van der Waals surface area contributed by atoms with Gasteiger partial charge in [-0.15, -0.1) is 0 Å². The van der Waals surface area contributed by atoms with Crippen LogP contribution in [0.25, 0.3) is 0 Å². The summed E-state index contributed by atoms with van der Waals surface area (Å²) in [6, 6.07) is 0. The third-order valence-corrected chi connectivity index (χ3v) is 0.414. The molecule has 0 aromatic heterocycles. The molecular formula is C4H7F2. The predicted octanol–water partition coefficient (Wildman–Crippen LogP) is 1.87. The molecule has 0 bridgehead atoms. The molecular weight excluding hydrogens is 86.0 g/mol. The first-order chi connectivity index (χ1) is 2.77. The van der Waals surface area contributed by atoms with Crippen LogP contribution in [0.15, 0.2) is 0 Å². The Morgan fingerprint density at radius 1 is 1.83 bits per heavy atom. The maximum absolute atomic E-state index is 11.4. The smallest absolute Gasteiger partial charge is 0.134 e. The topological polar surface area (TPSA) is 0 Å². The Hall–Kier alpha value is -0.140. The highest BCUT2D eigenvalue weighted by Crippen LogP contribution is 1.97. The third kappa shape index (κ3) is 3.86. The Labute approximate surface area is 36.2 Å². The number of hydrogen-bond donors (Lipinski definition) is 0. The van der Waals surface area contributed by atoms with Crippen molar-refractivity contribution in [2.45, 2.75) is 19.5 Å². The minimum atomic E-state index is -1.03. The Bertz CT molecular complexity index is 26.7. The Morgan fingerprint density at radius 2 is 2.33 bits per heavy atom.